The van der Waals surface area contributed by atoms with E-state index in [9.17, 15) is 9.18 Å². The number of thiazole rings is 1. The van der Waals surface area contributed by atoms with Crippen LogP contribution in [0, 0.1) is 5.82 Å². The molecule has 34 heavy (non-hydrogen) atoms. The highest BCUT2D eigenvalue weighted by molar-refractivity contribution is 7.22. The second-order valence-corrected chi connectivity index (χ2v) is 8.78. The Balaban J connectivity index is 1.60. The number of hydrazone groups is 1. The Labute approximate surface area is 209 Å². The largest absolute Gasteiger partial charge is 0.494 e. The maximum atomic E-state index is 13.7. The molecule has 0 aliphatic carbocycles. The molecule has 4 rings (SSSR count). The van der Waals surface area contributed by atoms with Crippen molar-refractivity contribution in [2.24, 2.45) is 5.10 Å². The maximum Gasteiger partial charge on any atom is 0.287 e. The lowest BCUT2D eigenvalue weighted by Gasteiger charge is -2.15. The molecule has 0 spiro atoms. The smallest absolute Gasteiger partial charge is 0.287 e. The van der Waals surface area contributed by atoms with Crippen molar-refractivity contribution in [3.8, 4) is 11.5 Å². The molecule has 0 atom stereocenters. The average molecular weight is 518 g/mol. The molecule has 174 valence electrons. The number of fused-ring (bicyclic) bond motifs is 1. The molecule has 0 unspecified atom stereocenters. The van der Waals surface area contributed by atoms with Gasteiger partial charge in [0.05, 0.1) is 28.1 Å². The van der Waals surface area contributed by atoms with E-state index < -0.39 is 5.91 Å². The number of rotatable bonds is 8. The van der Waals surface area contributed by atoms with Gasteiger partial charge in [-0.25, -0.2) is 9.37 Å². The summed E-state index contributed by atoms with van der Waals surface area (Å²) in [5.41, 5.74) is 1.30. The van der Waals surface area contributed by atoms with Crippen LogP contribution in [0.4, 0.5) is 9.52 Å². The number of hydrogen-bond acceptors (Lipinski definition) is 6. The van der Waals surface area contributed by atoms with Crippen molar-refractivity contribution in [2.75, 3.05) is 18.2 Å². The molecule has 0 fully saturated rings. The normalized spacial score (nSPS) is 11.2. The van der Waals surface area contributed by atoms with E-state index in [-0.39, 0.29) is 22.6 Å². The number of halogens is 3. The summed E-state index contributed by atoms with van der Waals surface area (Å²) in [5.74, 6) is 0.155. The van der Waals surface area contributed by atoms with E-state index in [0.29, 0.717) is 27.6 Å². The number of benzene rings is 3. The highest BCUT2D eigenvalue weighted by Crippen LogP contribution is 2.31. The zero-order valence-electron chi connectivity index (χ0n) is 17.9. The summed E-state index contributed by atoms with van der Waals surface area (Å²) in [4.78, 5) is 17.5. The number of ether oxygens (including phenoxy) is 2. The van der Waals surface area contributed by atoms with Crippen molar-refractivity contribution in [2.45, 2.75) is 6.92 Å². The van der Waals surface area contributed by atoms with Crippen molar-refractivity contribution in [3.63, 3.8) is 0 Å². The monoisotopic (exact) mass is 517 g/mol. The number of aromatic nitrogens is 1. The van der Waals surface area contributed by atoms with E-state index >= 15 is 0 Å². The topological polar surface area (TPSA) is 64.0 Å². The zero-order chi connectivity index (χ0) is 24.1. The molecule has 1 aromatic heterocycles. The molecule has 0 radical (unpaired) electrons. The third-order valence-corrected chi connectivity index (χ3v) is 6.04. The summed E-state index contributed by atoms with van der Waals surface area (Å²) >= 11 is 13.2. The predicted octanol–water partition coefficient (Wildman–Crippen LogP) is 6.59. The van der Waals surface area contributed by atoms with E-state index in [2.05, 4.69) is 10.1 Å². The Morgan fingerprint density at radius 2 is 1.91 bits per heavy atom. The molecule has 4 aromatic rings. The minimum absolute atomic E-state index is 0.276. The van der Waals surface area contributed by atoms with Gasteiger partial charge in [-0.2, -0.15) is 10.1 Å². The van der Waals surface area contributed by atoms with Gasteiger partial charge in [0.15, 0.2) is 6.61 Å². The Hall–Kier alpha value is -3.20. The summed E-state index contributed by atoms with van der Waals surface area (Å²) in [5, 5.41) is 6.48. The first-order valence-electron chi connectivity index (χ1n) is 10.2. The van der Waals surface area contributed by atoms with Crippen LogP contribution in [0.2, 0.25) is 10.0 Å². The van der Waals surface area contributed by atoms with E-state index in [1.54, 1.807) is 18.2 Å². The minimum atomic E-state index is -0.493. The number of anilines is 1. The van der Waals surface area contributed by atoms with Crippen LogP contribution < -0.4 is 14.5 Å². The lowest BCUT2D eigenvalue weighted by Crippen LogP contribution is -2.30. The van der Waals surface area contributed by atoms with Crippen molar-refractivity contribution in [1.82, 2.24) is 4.98 Å². The standard InChI is InChI=1S/C24H18Cl2FN3O3S/c1-2-32-18-7-3-15(4-8-18)13-28-30(24-29-20-9-6-17(27)12-22(20)34-24)23(31)14-33-21-10-5-16(25)11-19(21)26/h3-13H,2,14H2,1H3/b28-13+. The van der Waals surface area contributed by atoms with Gasteiger partial charge in [-0.15, -0.1) is 0 Å². The molecule has 0 N–H and O–H groups in total. The van der Waals surface area contributed by atoms with Crippen LogP contribution in [0.25, 0.3) is 10.2 Å². The number of nitrogens with zero attached hydrogens (tertiary/aromatic N) is 3. The first-order valence-corrected chi connectivity index (χ1v) is 11.7. The van der Waals surface area contributed by atoms with E-state index in [0.717, 1.165) is 27.7 Å². The van der Waals surface area contributed by atoms with Crippen LogP contribution in [0.1, 0.15) is 12.5 Å². The molecule has 0 aliphatic rings. The van der Waals surface area contributed by atoms with Crippen molar-refractivity contribution >= 4 is 62.0 Å². The van der Waals surface area contributed by atoms with E-state index in [1.165, 1.54) is 24.4 Å². The number of amides is 1. The van der Waals surface area contributed by atoms with Crippen LogP contribution in [0.5, 0.6) is 11.5 Å². The van der Waals surface area contributed by atoms with Crippen LogP contribution in [-0.2, 0) is 4.79 Å². The summed E-state index contributed by atoms with van der Waals surface area (Å²) < 4.78 is 25.3. The van der Waals surface area contributed by atoms with Crippen LogP contribution >= 0.6 is 34.5 Å². The second-order valence-electron chi connectivity index (χ2n) is 6.92. The van der Waals surface area contributed by atoms with Gasteiger partial charge in [-0.05, 0) is 73.2 Å². The SMILES string of the molecule is CCOc1ccc(/C=N/N(C(=O)COc2ccc(Cl)cc2Cl)c2nc3ccc(F)cc3s2)cc1. The third kappa shape index (κ3) is 5.83. The van der Waals surface area contributed by atoms with Gasteiger partial charge in [-0.3, -0.25) is 4.79 Å². The van der Waals surface area contributed by atoms with Gasteiger partial charge in [0.1, 0.15) is 17.3 Å². The summed E-state index contributed by atoms with van der Waals surface area (Å²) in [7, 11) is 0. The van der Waals surface area contributed by atoms with Gasteiger partial charge in [0.25, 0.3) is 5.91 Å². The molecule has 0 aliphatic heterocycles. The molecular weight excluding hydrogens is 500 g/mol. The molecule has 0 bridgehead atoms. The fourth-order valence-electron chi connectivity index (χ4n) is 2.93. The van der Waals surface area contributed by atoms with Gasteiger partial charge in [0, 0.05) is 5.02 Å². The van der Waals surface area contributed by atoms with Gasteiger partial charge >= 0.3 is 0 Å². The maximum absolute atomic E-state index is 13.7. The quantitative estimate of drug-likeness (QED) is 0.195. The molecule has 1 amide bonds. The Bertz CT molecular complexity index is 1350. The minimum Gasteiger partial charge on any atom is -0.494 e. The second kappa shape index (κ2) is 10.8. The number of carbonyl (C=O) groups is 1. The first kappa shape index (κ1) is 23.9. The molecule has 1 heterocycles. The Morgan fingerprint density at radius 3 is 2.65 bits per heavy atom. The third-order valence-electron chi connectivity index (χ3n) is 4.52. The van der Waals surface area contributed by atoms with Gasteiger partial charge in [-0.1, -0.05) is 34.5 Å². The van der Waals surface area contributed by atoms with Crippen molar-refractivity contribution in [3.05, 3.63) is 82.1 Å². The molecule has 0 saturated carbocycles. The summed E-state index contributed by atoms with van der Waals surface area (Å²) in [6.45, 7) is 2.11. The fourth-order valence-corrected chi connectivity index (χ4v) is 4.36. The van der Waals surface area contributed by atoms with Gasteiger partial charge in [0.2, 0.25) is 5.13 Å². The lowest BCUT2D eigenvalue weighted by molar-refractivity contribution is -0.120. The van der Waals surface area contributed by atoms with Crippen LogP contribution in [-0.4, -0.2) is 30.3 Å². The highest BCUT2D eigenvalue weighted by Gasteiger charge is 2.21. The zero-order valence-corrected chi connectivity index (χ0v) is 20.2. The molecular formula is C24H18Cl2FN3O3S. The molecule has 3 aromatic carbocycles. The number of carbonyl (C=O) groups excluding carboxylic acids is 1. The Morgan fingerprint density at radius 1 is 1.12 bits per heavy atom. The molecule has 10 heteroatoms. The van der Waals surface area contributed by atoms with Crippen LogP contribution in [0.15, 0.2) is 65.8 Å². The Kier molecular flexibility index (Phi) is 7.62. The van der Waals surface area contributed by atoms with Gasteiger partial charge < -0.3 is 9.47 Å². The van der Waals surface area contributed by atoms with E-state index in [4.69, 9.17) is 32.7 Å². The number of hydrogen-bond donors (Lipinski definition) is 0. The van der Waals surface area contributed by atoms with Crippen molar-refractivity contribution in [1.29, 1.82) is 0 Å². The van der Waals surface area contributed by atoms with Crippen molar-refractivity contribution < 1.29 is 18.7 Å². The fraction of sp³-hybridized carbons (Fsp3) is 0.125. The van der Waals surface area contributed by atoms with E-state index in [1.807, 2.05) is 31.2 Å². The molecule has 6 nitrogen and oxygen atoms in total. The molecule has 0 saturated heterocycles. The van der Waals surface area contributed by atoms with Crippen LogP contribution in [0.3, 0.4) is 0 Å². The predicted molar refractivity (Wildman–Crippen MR) is 134 cm³/mol. The highest BCUT2D eigenvalue weighted by atomic mass is 35.5. The first-order chi connectivity index (χ1) is 16.4. The average Bonchev–Trinajstić information content (AvgIpc) is 3.22. The summed E-state index contributed by atoms with van der Waals surface area (Å²) in [6, 6.07) is 16.2. The summed E-state index contributed by atoms with van der Waals surface area (Å²) in [6.07, 6.45) is 1.52. The lowest BCUT2D eigenvalue weighted by atomic mass is 10.2.